The predicted octanol–water partition coefficient (Wildman–Crippen LogP) is 2.87. The molecule has 0 saturated heterocycles. The van der Waals surface area contributed by atoms with E-state index in [-0.39, 0.29) is 0 Å². The van der Waals surface area contributed by atoms with Crippen LogP contribution < -0.4 is 5.32 Å². The minimum absolute atomic E-state index is 0.331. The molecule has 0 spiro atoms. The van der Waals surface area contributed by atoms with Crippen molar-refractivity contribution in [3.8, 4) is 0 Å². The van der Waals surface area contributed by atoms with Crippen molar-refractivity contribution in [1.82, 2.24) is 10.3 Å². The summed E-state index contributed by atoms with van der Waals surface area (Å²) in [4.78, 5) is 5.50. The fourth-order valence-electron chi connectivity index (χ4n) is 3.09. The number of aromatic nitrogens is 1. The lowest BCUT2D eigenvalue weighted by Gasteiger charge is -2.34. The summed E-state index contributed by atoms with van der Waals surface area (Å²) in [7, 11) is 3.90. The van der Waals surface area contributed by atoms with Gasteiger partial charge in [0.05, 0.1) is 11.6 Å². The van der Waals surface area contributed by atoms with Crippen LogP contribution in [0.5, 0.6) is 0 Å². The third-order valence-electron chi connectivity index (χ3n) is 4.06. The molecular weight excluding hydrogens is 244 g/mol. The van der Waals surface area contributed by atoms with Crippen LogP contribution >= 0.6 is 11.3 Å². The Morgan fingerprint density at radius 3 is 2.78 bits per heavy atom. The fraction of sp³-hybridized carbons (Fsp3) is 0.786. The van der Waals surface area contributed by atoms with Crippen molar-refractivity contribution < 1.29 is 4.74 Å². The van der Waals surface area contributed by atoms with Gasteiger partial charge in [-0.15, -0.1) is 11.3 Å². The number of likely N-dealkylation sites (N-methyl/N-ethyl adjacent to an activating group) is 1. The van der Waals surface area contributed by atoms with Crippen molar-refractivity contribution >= 4 is 11.3 Å². The Kier molecular flexibility index (Phi) is 5.60. The first kappa shape index (κ1) is 14.0. The van der Waals surface area contributed by atoms with Gasteiger partial charge in [-0.25, -0.2) is 0 Å². The zero-order valence-corrected chi connectivity index (χ0v) is 12.2. The van der Waals surface area contributed by atoms with Crippen LogP contribution in [0.2, 0.25) is 0 Å². The summed E-state index contributed by atoms with van der Waals surface area (Å²) < 4.78 is 5.81. The van der Waals surface area contributed by atoms with E-state index in [1.807, 2.05) is 25.9 Å². The number of nitrogens with zero attached hydrogens (tertiary/aromatic N) is 1. The van der Waals surface area contributed by atoms with Gasteiger partial charge in [-0.2, -0.15) is 0 Å². The molecule has 1 heterocycles. The van der Waals surface area contributed by atoms with E-state index in [1.165, 1.54) is 37.0 Å². The fourth-order valence-corrected chi connectivity index (χ4v) is 3.74. The van der Waals surface area contributed by atoms with Gasteiger partial charge in [0.2, 0.25) is 0 Å². The minimum Gasteiger partial charge on any atom is -0.380 e. The van der Waals surface area contributed by atoms with Crippen LogP contribution in [0.3, 0.4) is 0 Å². The summed E-state index contributed by atoms with van der Waals surface area (Å²) in [5.41, 5.74) is 1.91. The Hall–Kier alpha value is -0.450. The largest absolute Gasteiger partial charge is 0.380 e. The summed E-state index contributed by atoms with van der Waals surface area (Å²) in [5.74, 6) is 0.717. The maximum absolute atomic E-state index is 5.81. The van der Waals surface area contributed by atoms with Crippen LogP contribution in [0.4, 0.5) is 0 Å². The maximum atomic E-state index is 5.81. The van der Waals surface area contributed by atoms with Crippen molar-refractivity contribution in [3.63, 3.8) is 0 Å². The van der Waals surface area contributed by atoms with Gasteiger partial charge in [0.1, 0.15) is 0 Å². The molecule has 2 rings (SSSR count). The number of rotatable bonds is 6. The molecule has 1 aliphatic carbocycles. The molecule has 3 nitrogen and oxygen atoms in total. The van der Waals surface area contributed by atoms with E-state index in [0.29, 0.717) is 18.1 Å². The van der Waals surface area contributed by atoms with Crippen LogP contribution in [-0.4, -0.2) is 31.3 Å². The number of thiazole rings is 1. The van der Waals surface area contributed by atoms with Gasteiger partial charge in [-0.3, -0.25) is 4.98 Å². The van der Waals surface area contributed by atoms with Gasteiger partial charge in [-0.1, -0.05) is 19.3 Å². The van der Waals surface area contributed by atoms with E-state index in [2.05, 4.69) is 10.3 Å². The molecule has 1 saturated carbocycles. The second-order valence-corrected chi connectivity index (χ2v) is 6.14. The van der Waals surface area contributed by atoms with Crippen LogP contribution in [0, 0.1) is 5.92 Å². The van der Waals surface area contributed by atoms with E-state index in [4.69, 9.17) is 4.74 Å². The molecule has 1 fully saturated rings. The van der Waals surface area contributed by atoms with Gasteiger partial charge in [0.25, 0.3) is 0 Å². The lowest BCUT2D eigenvalue weighted by molar-refractivity contribution is 0.0103. The van der Waals surface area contributed by atoms with E-state index < -0.39 is 0 Å². The number of hydrogen-bond donors (Lipinski definition) is 1. The molecule has 4 heteroatoms. The predicted molar refractivity (Wildman–Crippen MR) is 76.0 cm³/mol. The average Bonchev–Trinajstić information content (AvgIpc) is 2.92. The Balaban J connectivity index is 1.98. The van der Waals surface area contributed by atoms with Crippen molar-refractivity contribution in [1.29, 1.82) is 0 Å². The highest BCUT2D eigenvalue weighted by molar-refractivity contribution is 7.09. The van der Waals surface area contributed by atoms with Gasteiger partial charge in [0, 0.05) is 30.6 Å². The zero-order valence-electron chi connectivity index (χ0n) is 11.4. The first-order valence-electron chi connectivity index (χ1n) is 6.92. The van der Waals surface area contributed by atoms with Gasteiger partial charge in [0.15, 0.2) is 0 Å². The van der Waals surface area contributed by atoms with Crippen molar-refractivity contribution in [3.05, 3.63) is 16.6 Å². The Morgan fingerprint density at radius 2 is 2.22 bits per heavy atom. The smallest absolute Gasteiger partial charge is 0.0794 e. The highest BCUT2D eigenvalue weighted by Gasteiger charge is 2.30. The summed E-state index contributed by atoms with van der Waals surface area (Å²) in [6.07, 6.45) is 10.1. The number of methoxy groups -OCH3 is 1. The highest BCUT2D eigenvalue weighted by Crippen LogP contribution is 2.30. The maximum Gasteiger partial charge on any atom is 0.0794 e. The molecule has 1 aromatic rings. The second kappa shape index (κ2) is 7.22. The summed E-state index contributed by atoms with van der Waals surface area (Å²) in [6, 6.07) is 0.401. The third kappa shape index (κ3) is 3.53. The molecule has 1 aromatic heterocycles. The van der Waals surface area contributed by atoms with E-state index >= 15 is 0 Å². The van der Waals surface area contributed by atoms with Crippen molar-refractivity contribution in [2.45, 2.75) is 50.7 Å². The minimum atomic E-state index is 0.331. The summed E-state index contributed by atoms with van der Waals surface area (Å²) in [6.45, 7) is 0. The van der Waals surface area contributed by atoms with Gasteiger partial charge >= 0.3 is 0 Å². The molecule has 2 atom stereocenters. The van der Waals surface area contributed by atoms with Crippen molar-refractivity contribution in [2.75, 3.05) is 14.2 Å². The second-order valence-electron chi connectivity index (χ2n) is 5.17. The lowest BCUT2D eigenvalue weighted by Crippen LogP contribution is -2.45. The van der Waals surface area contributed by atoms with E-state index in [1.54, 1.807) is 11.3 Å². The van der Waals surface area contributed by atoms with Crippen LogP contribution in [0.1, 0.15) is 37.0 Å². The molecule has 0 bridgehead atoms. The van der Waals surface area contributed by atoms with E-state index in [0.717, 1.165) is 6.42 Å². The van der Waals surface area contributed by atoms with Crippen LogP contribution in [0.15, 0.2) is 11.7 Å². The third-order valence-corrected chi connectivity index (χ3v) is 4.86. The molecule has 0 radical (unpaired) electrons. The molecule has 18 heavy (non-hydrogen) atoms. The molecule has 0 aromatic carbocycles. The average molecular weight is 268 g/mol. The molecule has 0 amide bonds. The zero-order chi connectivity index (χ0) is 12.8. The SMILES string of the molecule is CNC(Cc1cncs1)C(OC)C1CCCCC1. The first-order valence-corrected chi connectivity index (χ1v) is 7.80. The standard InChI is InChI=1S/C14H24N2OS/c1-15-13(8-12-9-16-10-18-12)14(17-2)11-6-4-3-5-7-11/h9-11,13-15H,3-8H2,1-2H3. The van der Waals surface area contributed by atoms with Crippen LogP contribution in [0.25, 0.3) is 0 Å². The number of hydrogen-bond acceptors (Lipinski definition) is 4. The van der Waals surface area contributed by atoms with Gasteiger partial charge < -0.3 is 10.1 Å². The van der Waals surface area contributed by atoms with Gasteiger partial charge in [-0.05, 0) is 25.8 Å². The van der Waals surface area contributed by atoms with Crippen LogP contribution in [-0.2, 0) is 11.2 Å². The highest BCUT2D eigenvalue weighted by atomic mass is 32.1. The quantitative estimate of drug-likeness (QED) is 0.861. The normalized spacial score (nSPS) is 20.8. The molecule has 2 unspecified atom stereocenters. The summed E-state index contributed by atoms with van der Waals surface area (Å²) >= 11 is 1.73. The van der Waals surface area contributed by atoms with Crippen molar-refractivity contribution in [2.24, 2.45) is 5.92 Å². The molecule has 102 valence electrons. The Bertz CT molecular complexity index is 323. The monoisotopic (exact) mass is 268 g/mol. The number of nitrogens with one attached hydrogen (secondary N) is 1. The Labute approximate surface area is 114 Å². The first-order chi connectivity index (χ1) is 8.85. The molecule has 1 aliphatic rings. The Morgan fingerprint density at radius 1 is 1.44 bits per heavy atom. The topological polar surface area (TPSA) is 34.2 Å². The van der Waals surface area contributed by atoms with E-state index in [9.17, 15) is 0 Å². The molecule has 0 aliphatic heterocycles. The lowest BCUT2D eigenvalue weighted by atomic mass is 9.82. The summed E-state index contributed by atoms with van der Waals surface area (Å²) in [5, 5.41) is 3.44. The molecular formula is C14H24N2OS. The number of ether oxygens (including phenoxy) is 1. The molecule has 1 N–H and O–H groups in total.